The molecule has 4 aromatic carbocycles. The van der Waals surface area contributed by atoms with Gasteiger partial charge in [-0.3, -0.25) is 0 Å². The van der Waals surface area contributed by atoms with E-state index in [1.807, 2.05) is 97.1 Å². The van der Waals surface area contributed by atoms with Crippen molar-refractivity contribution in [1.82, 2.24) is 0 Å². The summed E-state index contributed by atoms with van der Waals surface area (Å²) in [5.74, 6) is 0. The molecule has 0 aliphatic heterocycles. The van der Waals surface area contributed by atoms with Crippen molar-refractivity contribution in [1.29, 1.82) is 0 Å². The normalized spacial score (nSPS) is 11.2. The van der Waals surface area contributed by atoms with Crippen LogP contribution in [-0.4, -0.2) is 12.4 Å². The average Bonchev–Trinajstić information content (AvgIpc) is 2.82. The second-order valence-electron chi connectivity index (χ2n) is 6.93. The summed E-state index contributed by atoms with van der Waals surface area (Å²) >= 11 is 11.9. The largest absolute Gasteiger partial charge is 0.355 e. The molecule has 0 aromatic heterocycles. The fourth-order valence-corrected chi connectivity index (χ4v) is 3.27. The maximum atomic E-state index is 5.97. The van der Waals surface area contributed by atoms with Crippen molar-refractivity contribution in [3.63, 3.8) is 0 Å². The van der Waals surface area contributed by atoms with E-state index in [0.717, 1.165) is 33.9 Å². The van der Waals surface area contributed by atoms with Crippen LogP contribution in [0.2, 0.25) is 10.0 Å². The molecule has 0 atom stereocenters. The van der Waals surface area contributed by atoms with Crippen LogP contribution in [0.5, 0.6) is 0 Å². The van der Waals surface area contributed by atoms with E-state index in [9.17, 15) is 0 Å². The summed E-state index contributed by atoms with van der Waals surface area (Å²) in [6.45, 7) is 0. The van der Waals surface area contributed by atoms with Crippen LogP contribution >= 0.6 is 23.2 Å². The molecule has 32 heavy (non-hydrogen) atoms. The quantitative estimate of drug-likeness (QED) is 0.218. The zero-order chi connectivity index (χ0) is 22.2. The molecule has 0 bridgehead atoms. The van der Waals surface area contributed by atoms with Gasteiger partial charge in [-0.2, -0.15) is 10.2 Å². The highest BCUT2D eigenvalue weighted by Crippen LogP contribution is 2.23. The maximum Gasteiger partial charge on any atom is 0.0588 e. The van der Waals surface area contributed by atoms with Crippen LogP contribution in [0.25, 0.3) is 0 Å². The lowest BCUT2D eigenvalue weighted by atomic mass is 10.2. The minimum atomic E-state index is 0.700. The minimum absolute atomic E-state index is 0.700. The molecule has 0 radical (unpaired) electrons. The molecule has 0 aliphatic carbocycles. The summed E-state index contributed by atoms with van der Waals surface area (Å²) < 4.78 is 0. The summed E-state index contributed by atoms with van der Waals surface area (Å²) in [7, 11) is 0. The first-order valence-electron chi connectivity index (χ1n) is 9.97. The third kappa shape index (κ3) is 5.97. The SMILES string of the molecule is Clc1ccc(Nc2ccccc2C=NN=Cc2ccccc2Nc2ccc(Cl)cc2)cc1. The summed E-state index contributed by atoms with van der Waals surface area (Å²) in [5.41, 5.74) is 5.60. The maximum absolute atomic E-state index is 5.97. The topological polar surface area (TPSA) is 48.8 Å². The molecule has 0 unspecified atom stereocenters. The smallest absolute Gasteiger partial charge is 0.0588 e. The van der Waals surface area contributed by atoms with Gasteiger partial charge < -0.3 is 10.6 Å². The highest BCUT2D eigenvalue weighted by Gasteiger charge is 2.02. The van der Waals surface area contributed by atoms with Gasteiger partial charge in [0, 0.05) is 43.9 Å². The molecule has 2 N–H and O–H groups in total. The molecule has 6 heteroatoms. The van der Waals surface area contributed by atoms with Crippen LogP contribution in [-0.2, 0) is 0 Å². The summed E-state index contributed by atoms with van der Waals surface area (Å²) in [6, 6.07) is 30.9. The van der Waals surface area contributed by atoms with Gasteiger partial charge in [-0.25, -0.2) is 0 Å². The highest BCUT2D eigenvalue weighted by atomic mass is 35.5. The highest BCUT2D eigenvalue weighted by molar-refractivity contribution is 6.30. The van der Waals surface area contributed by atoms with Gasteiger partial charge in [-0.1, -0.05) is 59.6 Å². The van der Waals surface area contributed by atoms with E-state index in [1.165, 1.54) is 0 Å². The van der Waals surface area contributed by atoms with Crippen LogP contribution < -0.4 is 10.6 Å². The number of hydrogen-bond acceptors (Lipinski definition) is 4. The summed E-state index contributed by atoms with van der Waals surface area (Å²) in [5, 5.41) is 16.7. The standard InChI is InChI=1S/C26H20Cl2N4/c27-21-9-13-23(14-10-21)31-25-7-3-1-5-19(25)17-29-30-18-20-6-2-4-8-26(20)32-24-15-11-22(28)12-16-24/h1-18,31-32H. The molecule has 0 aliphatic rings. The van der Waals surface area contributed by atoms with Gasteiger partial charge in [0.15, 0.2) is 0 Å². The van der Waals surface area contributed by atoms with Gasteiger partial charge >= 0.3 is 0 Å². The molecule has 0 fully saturated rings. The predicted octanol–water partition coefficient (Wildman–Crippen LogP) is 7.93. The van der Waals surface area contributed by atoms with Gasteiger partial charge in [0.1, 0.15) is 0 Å². The predicted molar refractivity (Wildman–Crippen MR) is 138 cm³/mol. The van der Waals surface area contributed by atoms with Gasteiger partial charge in [-0.05, 0) is 60.7 Å². The van der Waals surface area contributed by atoms with Crippen molar-refractivity contribution in [2.24, 2.45) is 10.2 Å². The third-order valence-corrected chi connectivity index (χ3v) is 5.13. The fourth-order valence-electron chi connectivity index (χ4n) is 3.02. The number of nitrogens with zero attached hydrogens (tertiary/aromatic N) is 2. The van der Waals surface area contributed by atoms with Crippen molar-refractivity contribution in [3.05, 3.63) is 118 Å². The Labute approximate surface area is 197 Å². The Bertz CT molecular complexity index is 1130. The third-order valence-electron chi connectivity index (χ3n) is 4.63. The van der Waals surface area contributed by atoms with E-state index in [-0.39, 0.29) is 0 Å². The van der Waals surface area contributed by atoms with Crippen LogP contribution in [0.1, 0.15) is 11.1 Å². The Morgan fingerprint density at radius 3 is 1.28 bits per heavy atom. The second-order valence-corrected chi connectivity index (χ2v) is 7.80. The van der Waals surface area contributed by atoms with Crippen molar-refractivity contribution in [2.75, 3.05) is 10.6 Å². The van der Waals surface area contributed by atoms with Crippen LogP contribution in [0, 0.1) is 0 Å². The Morgan fingerprint density at radius 2 is 0.875 bits per heavy atom. The zero-order valence-electron chi connectivity index (χ0n) is 17.0. The van der Waals surface area contributed by atoms with Gasteiger partial charge in [0.25, 0.3) is 0 Å². The lowest BCUT2D eigenvalue weighted by molar-refractivity contribution is 1.26. The van der Waals surface area contributed by atoms with Crippen LogP contribution in [0.4, 0.5) is 22.7 Å². The molecule has 158 valence electrons. The molecular formula is C26H20Cl2N4. The number of anilines is 4. The van der Waals surface area contributed by atoms with E-state index in [2.05, 4.69) is 20.8 Å². The number of halogens is 2. The molecule has 4 rings (SSSR count). The minimum Gasteiger partial charge on any atom is -0.355 e. The number of benzene rings is 4. The zero-order valence-corrected chi connectivity index (χ0v) is 18.6. The van der Waals surface area contributed by atoms with E-state index in [0.29, 0.717) is 10.0 Å². The Hall–Kier alpha value is -3.60. The second kappa shape index (κ2) is 10.6. The summed E-state index contributed by atoms with van der Waals surface area (Å²) in [4.78, 5) is 0. The molecule has 4 aromatic rings. The van der Waals surface area contributed by atoms with Gasteiger partial charge in [0.05, 0.1) is 12.4 Å². The number of nitrogens with one attached hydrogen (secondary N) is 2. The average molecular weight is 459 g/mol. The Balaban J connectivity index is 1.47. The Kier molecular flexibility index (Phi) is 7.18. The summed E-state index contributed by atoms with van der Waals surface area (Å²) in [6.07, 6.45) is 3.45. The van der Waals surface area contributed by atoms with E-state index in [4.69, 9.17) is 23.2 Å². The lowest BCUT2D eigenvalue weighted by Gasteiger charge is -2.09. The molecular weight excluding hydrogens is 439 g/mol. The van der Waals surface area contributed by atoms with E-state index in [1.54, 1.807) is 12.4 Å². The van der Waals surface area contributed by atoms with Crippen molar-refractivity contribution in [3.8, 4) is 0 Å². The van der Waals surface area contributed by atoms with Crippen molar-refractivity contribution < 1.29 is 0 Å². The van der Waals surface area contributed by atoms with E-state index >= 15 is 0 Å². The molecule has 0 saturated heterocycles. The monoisotopic (exact) mass is 458 g/mol. The first kappa shape index (κ1) is 21.6. The number of rotatable bonds is 7. The molecule has 0 saturated carbocycles. The van der Waals surface area contributed by atoms with Crippen molar-refractivity contribution >= 4 is 58.4 Å². The fraction of sp³-hybridized carbons (Fsp3) is 0. The first-order valence-corrected chi connectivity index (χ1v) is 10.7. The molecule has 0 heterocycles. The number of hydrogen-bond donors (Lipinski definition) is 2. The number of para-hydroxylation sites is 2. The van der Waals surface area contributed by atoms with E-state index < -0.39 is 0 Å². The molecule has 0 amide bonds. The Morgan fingerprint density at radius 1 is 0.500 bits per heavy atom. The van der Waals surface area contributed by atoms with Crippen LogP contribution in [0.3, 0.4) is 0 Å². The lowest BCUT2D eigenvalue weighted by Crippen LogP contribution is -1.95. The molecule has 4 nitrogen and oxygen atoms in total. The first-order chi connectivity index (χ1) is 15.7. The van der Waals surface area contributed by atoms with Crippen LogP contribution in [0.15, 0.2) is 107 Å². The van der Waals surface area contributed by atoms with Gasteiger partial charge in [-0.15, -0.1) is 0 Å². The van der Waals surface area contributed by atoms with Gasteiger partial charge in [0.2, 0.25) is 0 Å². The molecule has 0 spiro atoms. The van der Waals surface area contributed by atoms with Crippen molar-refractivity contribution in [2.45, 2.75) is 0 Å².